The third-order valence-corrected chi connectivity index (χ3v) is 5.58. The first-order chi connectivity index (χ1) is 14.2. The molecule has 1 atom stereocenters. The van der Waals surface area contributed by atoms with Crippen molar-refractivity contribution in [2.24, 2.45) is 5.92 Å². The van der Waals surface area contributed by atoms with Crippen LogP contribution in [0.2, 0.25) is 0 Å². The van der Waals surface area contributed by atoms with Gasteiger partial charge in [-0.25, -0.2) is 4.98 Å². The van der Waals surface area contributed by atoms with Crippen LogP contribution >= 0.6 is 0 Å². The van der Waals surface area contributed by atoms with Crippen molar-refractivity contribution in [3.63, 3.8) is 0 Å². The molecule has 2 amide bonds. The molecule has 1 saturated heterocycles. The maximum atomic E-state index is 12.8. The number of hydrogen-bond donors (Lipinski definition) is 1. The molecule has 1 aliphatic rings. The lowest BCUT2D eigenvalue weighted by Gasteiger charge is -2.32. The molecule has 3 heterocycles. The summed E-state index contributed by atoms with van der Waals surface area (Å²) in [5.41, 5.74) is 1.08. The van der Waals surface area contributed by atoms with Crippen LogP contribution in [0.4, 0.5) is 0 Å². The highest BCUT2D eigenvalue weighted by Gasteiger charge is 2.25. The number of piperidine rings is 1. The molecular formula is C22H27N5O2. The molecule has 3 aromatic rings. The van der Waals surface area contributed by atoms with Gasteiger partial charge < -0.3 is 19.4 Å². The zero-order valence-corrected chi connectivity index (χ0v) is 16.5. The lowest BCUT2D eigenvalue weighted by atomic mass is 9.94. The first-order valence-corrected chi connectivity index (χ1v) is 10.2. The summed E-state index contributed by atoms with van der Waals surface area (Å²) < 4.78 is 3.94. The molecule has 0 unspecified atom stereocenters. The van der Waals surface area contributed by atoms with E-state index < -0.39 is 0 Å². The Kier molecular flexibility index (Phi) is 5.93. The topological polar surface area (TPSA) is 72.2 Å². The zero-order chi connectivity index (χ0) is 20.1. The molecule has 0 radical (unpaired) electrons. The quantitative estimate of drug-likeness (QED) is 0.669. The average Bonchev–Trinajstić information content (AvgIpc) is 3.39. The molecule has 29 heavy (non-hydrogen) atoms. The number of imidazole rings is 1. The first-order valence-electron chi connectivity index (χ1n) is 10.2. The van der Waals surface area contributed by atoms with E-state index in [-0.39, 0.29) is 17.7 Å². The van der Waals surface area contributed by atoms with Crippen LogP contribution in [0.5, 0.6) is 0 Å². The van der Waals surface area contributed by atoms with Crippen LogP contribution in [-0.2, 0) is 22.7 Å². The smallest absolute Gasteiger partial charge is 0.242 e. The van der Waals surface area contributed by atoms with E-state index in [2.05, 4.69) is 16.4 Å². The van der Waals surface area contributed by atoms with E-state index in [0.717, 1.165) is 30.3 Å². The fraction of sp³-hybridized carbons (Fsp3) is 0.409. The van der Waals surface area contributed by atoms with Crippen molar-refractivity contribution in [2.75, 3.05) is 19.6 Å². The molecular weight excluding hydrogens is 366 g/mol. The molecule has 152 valence electrons. The van der Waals surface area contributed by atoms with Gasteiger partial charge in [0.2, 0.25) is 11.8 Å². The highest BCUT2D eigenvalue weighted by Crippen LogP contribution is 2.21. The summed E-state index contributed by atoms with van der Waals surface area (Å²) in [6.07, 6.45) is 9.73. The van der Waals surface area contributed by atoms with Crippen LogP contribution < -0.4 is 5.32 Å². The van der Waals surface area contributed by atoms with Crippen LogP contribution in [0.15, 0.2) is 55.2 Å². The number of amides is 2. The first kappa shape index (κ1) is 19.2. The lowest BCUT2D eigenvalue weighted by molar-refractivity contribution is -0.134. The lowest BCUT2D eigenvalue weighted by Crippen LogP contribution is -2.42. The van der Waals surface area contributed by atoms with Crippen LogP contribution in [0.25, 0.3) is 10.9 Å². The minimum Gasteiger partial charge on any atom is -0.354 e. The number of aromatic nitrogens is 3. The summed E-state index contributed by atoms with van der Waals surface area (Å²) in [4.78, 5) is 31.0. The van der Waals surface area contributed by atoms with E-state index in [0.29, 0.717) is 32.6 Å². The van der Waals surface area contributed by atoms with Gasteiger partial charge in [0.1, 0.15) is 6.54 Å². The Morgan fingerprint density at radius 1 is 1.17 bits per heavy atom. The number of carbonyl (C=O) groups is 2. The normalized spacial score (nSPS) is 16.8. The maximum absolute atomic E-state index is 12.8. The summed E-state index contributed by atoms with van der Waals surface area (Å²) in [5, 5.41) is 4.12. The van der Waals surface area contributed by atoms with E-state index in [1.807, 2.05) is 50.7 Å². The molecule has 0 saturated carbocycles. The third kappa shape index (κ3) is 4.85. The number of para-hydroxylation sites is 1. The Bertz CT molecular complexity index is 963. The Morgan fingerprint density at radius 2 is 2.07 bits per heavy atom. The van der Waals surface area contributed by atoms with Crippen LogP contribution in [-0.4, -0.2) is 50.5 Å². The second-order valence-electron chi connectivity index (χ2n) is 7.71. The molecule has 7 heteroatoms. The van der Waals surface area contributed by atoms with Gasteiger partial charge in [-0.2, -0.15) is 0 Å². The molecule has 1 fully saturated rings. The number of rotatable bonds is 7. The van der Waals surface area contributed by atoms with Gasteiger partial charge in [0.05, 0.1) is 6.33 Å². The van der Waals surface area contributed by atoms with Crippen LogP contribution in [0.1, 0.15) is 19.3 Å². The second kappa shape index (κ2) is 8.94. The zero-order valence-electron chi connectivity index (χ0n) is 16.5. The van der Waals surface area contributed by atoms with Crippen molar-refractivity contribution in [3.8, 4) is 0 Å². The monoisotopic (exact) mass is 393 g/mol. The predicted molar refractivity (Wildman–Crippen MR) is 111 cm³/mol. The Morgan fingerprint density at radius 3 is 2.93 bits per heavy atom. The third-order valence-electron chi connectivity index (χ3n) is 5.58. The van der Waals surface area contributed by atoms with Crippen molar-refractivity contribution >= 4 is 22.7 Å². The Balaban J connectivity index is 1.26. The predicted octanol–water partition coefficient (Wildman–Crippen LogP) is 2.28. The Hall–Kier alpha value is -3.09. The standard InChI is InChI=1S/C22H27N5O2/c28-21(24-9-13-25-12-8-23-17-25)14-18-4-3-10-27(15-18)22(29)16-26-11-7-19-5-1-2-6-20(19)26/h1-2,5-8,11-12,17-18H,3-4,9-10,13-16H2,(H,24,28)/t18-/m1/s1. The van der Waals surface area contributed by atoms with Crippen molar-refractivity contribution in [1.29, 1.82) is 0 Å². The summed E-state index contributed by atoms with van der Waals surface area (Å²) >= 11 is 0. The van der Waals surface area contributed by atoms with Gasteiger partial charge in [0.25, 0.3) is 0 Å². The van der Waals surface area contributed by atoms with Crippen LogP contribution in [0.3, 0.4) is 0 Å². The van der Waals surface area contributed by atoms with Crippen molar-refractivity contribution in [1.82, 2.24) is 24.3 Å². The van der Waals surface area contributed by atoms with Crippen molar-refractivity contribution in [2.45, 2.75) is 32.4 Å². The van der Waals surface area contributed by atoms with Crippen molar-refractivity contribution < 1.29 is 9.59 Å². The van der Waals surface area contributed by atoms with Crippen molar-refractivity contribution in [3.05, 3.63) is 55.2 Å². The number of likely N-dealkylation sites (tertiary alicyclic amines) is 1. The van der Waals surface area contributed by atoms with Gasteiger partial charge in [0, 0.05) is 56.7 Å². The van der Waals surface area contributed by atoms with E-state index in [1.54, 1.807) is 12.5 Å². The average molecular weight is 393 g/mol. The van der Waals surface area contributed by atoms with Crippen LogP contribution in [0, 0.1) is 5.92 Å². The molecule has 2 aromatic heterocycles. The number of nitrogens with zero attached hydrogens (tertiary/aromatic N) is 4. The maximum Gasteiger partial charge on any atom is 0.242 e. The molecule has 0 spiro atoms. The molecule has 1 N–H and O–H groups in total. The summed E-state index contributed by atoms with van der Waals surface area (Å²) in [5.74, 6) is 0.403. The van der Waals surface area contributed by atoms with E-state index in [9.17, 15) is 9.59 Å². The number of fused-ring (bicyclic) bond motifs is 1. The van der Waals surface area contributed by atoms with Gasteiger partial charge in [-0.1, -0.05) is 18.2 Å². The van der Waals surface area contributed by atoms with Gasteiger partial charge >= 0.3 is 0 Å². The number of nitrogens with one attached hydrogen (secondary N) is 1. The number of hydrogen-bond acceptors (Lipinski definition) is 3. The molecule has 1 aromatic carbocycles. The molecule has 0 aliphatic carbocycles. The molecule has 1 aliphatic heterocycles. The van der Waals surface area contributed by atoms with Gasteiger partial charge in [-0.05, 0) is 36.3 Å². The summed E-state index contributed by atoms with van der Waals surface area (Å²) in [6, 6.07) is 10.1. The fourth-order valence-corrected chi connectivity index (χ4v) is 4.06. The minimum absolute atomic E-state index is 0.0563. The van der Waals surface area contributed by atoms with E-state index >= 15 is 0 Å². The highest BCUT2D eigenvalue weighted by molar-refractivity contribution is 5.83. The molecule has 7 nitrogen and oxygen atoms in total. The SMILES string of the molecule is O=C(C[C@H]1CCCN(C(=O)Cn2ccc3ccccc32)C1)NCCn1ccnc1. The number of benzene rings is 1. The Labute approximate surface area is 170 Å². The van der Waals surface area contributed by atoms with E-state index in [4.69, 9.17) is 0 Å². The van der Waals surface area contributed by atoms with E-state index in [1.165, 1.54) is 0 Å². The highest BCUT2D eigenvalue weighted by atomic mass is 16.2. The largest absolute Gasteiger partial charge is 0.354 e. The number of carbonyl (C=O) groups excluding carboxylic acids is 2. The second-order valence-corrected chi connectivity index (χ2v) is 7.71. The van der Waals surface area contributed by atoms with Gasteiger partial charge in [-0.15, -0.1) is 0 Å². The minimum atomic E-state index is 0.0563. The molecule has 4 rings (SSSR count). The fourth-order valence-electron chi connectivity index (χ4n) is 4.06. The van der Waals surface area contributed by atoms with Gasteiger partial charge in [-0.3, -0.25) is 9.59 Å². The summed E-state index contributed by atoms with van der Waals surface area (Å²) in [7, 11) is 0. The summed E-state index contributed by atoms with van der Waals surface area (Å²) in [6.45, 7) is 3.08. The van der Waals surface area contributed by atoms with Gasteiger partial charge in [0.15, 0.2) is 0 Å². The molecule has 0 bridgehead atoms.